The minimum atomic E-state index is -0.860. The number of allylic oxidation sites excluding steroid dienone is 1. The molecule has 34 heavy (non-hydrogen) atoms. The number of carbonyl (C=O) groups excluding carboxylic acids is 2. The molecule has 0 saturated carbocycles. The third kappa shape index (κ3) is 3.48. The molecule has 0 saturated heterocycles. The van der Waals surface area contributed by atoms with Crippen molar-refractivity contribution < 1.29 is 28.2 Å². The summed E-state index contributed by atoms with van der Waals surface area (Å²) in [7, 11) is 0. The lowest BCUT2D eigenvalue weighted by Gasteiger charge is -2.39. The van der Waals surface area contributed by atoms with Crippen molar-refractivity contribution >= 4 is 11.9 Å². The molecule has 3 aromatic rings. The lowest BCUT2D eigenvalue weighted by Crippen LogP contribution is -2.41. The molecule has 8 nitrogen and oxygen atoms in total. The first-order valence-electron chi connectivity index (χ1n) is 10.8. The molecule has 170 valence electrons. The van der Waals surface area contributed by atoms with Crippen LogP contribution in [0.2, 0.25) is 0 Å². The Bertz CT molecular complexity index is 1370. The van der Waals surface area contributed by atoms with Crippen molar-refractivity contribution in [2.24, 2.45) is 11.7 Å². The van der Waals surface area contributed by atoms with Crippen molar-refractivity contribution in [2.75, 3.05) is 6.61 Å². The predicted molar refractivity (Wildman–Crippen MR) is 119 cm³/mol. The van der Waals surface area contributed by atoms with Gasteiger partial charge in [0.15, 0.2) is 5.88 Å². The van der Waals surface area contributed by atoms with E-state index in [0.717, 1.165) is 0 Å². The summed E-state index contributed by atoms with van der Waals surface area (Å²) < 4.78 is 22.6. The van der Waals surface area contributed by atoms with Crippen LogP contribution in [0.15, 0.2) is 76.5 Å². The van der Waals surface area contributed by atoms with Crippen molar-refractivity contribution in [2.45, 2.75) is 18.9 Å². The van der Waals surface area contributed by atoms with Crippen LogP contribution >= 0.6 is 0 Å². The molecule has 8 heteroatoms. The van der Waals surface area contributed by atoms with Crippen molar-refractivity contribution in [3.8, 4) is 23.1 Å². The molecule has 0 unspecified atom stereocenters. The smallest absolute Gasteiger partial charge is 0.338 e. The van der Waals surface area contributed by atoms with Crippen LogP contribution in [0.5, 0.6) is 5.75 Å². The van der Waals surface area contributed by atoms with Crippen LogP contribution in [0, 0.1) is 17.2 Å². The Balaban J connectivity index is 1.56. The first-order chi connectivity index (χ1) is 16.5. The molecule has 0 fully saturated rings. The predicted octanol–water partition coefficient (Wildman–Crippen LogP) is 4.21. The molecule has 1 aromatic heterocycles. The number of benzene rings is 2. The van der Waals surface area contributed by atoms with Crippen LogP contribution in [0.4, 0.5) is 0 Å². The van der Waals surface area contributed by atoms with E-state index >= 15 is 0 Å². The van der Waals surface area contributed by atoms with Gasteiger partial charge < -0.3 is 24.4 Å². The standard InChI is InChI=1S/C26H20N2O6/c1-2-31-25(29)15-7-5-6-14(12-15)18-10-11-20(32-18)21-17(13-27)24(28)34-23-16-8-3-4-9-19(16)33-26(30)22(21)23/h3-12,21-23H,2,28H2,1H3/t21-,22-,23+/m0/s1. The molecule has 3 atom stereocenters. The fourth-order valence-electron chi connectivity index (χ4n) is 4.42. The highest BCUT2D eigenvalue weighted by Gasteiger charge is 2.51. The third-order valence-electron chi connectivity index (χ3n) is 5.94. The second kappa shape index (κ2) is 8.45. The maximum absolute atomic E-state index is 13.0. The lowest BCUT2D eigenvalue weighted by molar-refractivity contribution is -0.149. The summed E-state index contributed by atoms with van der Waals surface area (Å²) in [6.45, 7) is 2.01. The van der Waals surface area contributed by atoms with Crippen LogP contribution in [0.25, 0.3) is 11.3 Å². The van der Waals surface area contributed by atoms with E-state index in [-0.39, 0.29) is 18.1 Å². The first kappa shape index (κ1) is 21.3. The maximum atomic E-state index is 13.0. The van der Waals surface area contributed by atoms with Crippen LogP contribution in [-0.4, -0.2) is 18.5 Å². The van der Waals surface area contributed by atoms with Gasteiger partial charge in [0.05, 0.1) is 18.1 Å². The van der Waals surface area contributed by atoms with Gasteiger partial charge in [-0.05, 0) is 37.3 Å². The van der Waals surface area contributed by atoms with Gasteiger partial charge in [-0.1, -0.05) is 30.3 Å². The molecule has 0 radical (unpaired) electrons. The summed E-state index contributed by atoms with van der Waals surface area (Å²) in [6, 6.07) is 19.4. The van der Waals surface area contributed by atoms with Crippen LogP contribution < -0.4 is 10.5 Å². The number of ether oxygens (including phenoxy) is 3. The van der Waals surface area contributed by atoms with Crippen LogP contribution in [-0.2, 0) is 14.3 Å². The zero-order chi connectivity index (χ0) is 23.8. The van der Waals surface area contributed by atoms with Crippen LogP contribution in [0.1, 0.15) is 40.6 Å². The highest BCUT2D eigenvalue weighted by Crippen LogP contribution is 2.51. The average molecular weight is 456 g/mol. The minimum absolute atomic E-state index is 0.0551. The number of para-hydroxylation sites is 1. The number of rotatable bonds is 4. The second-order valence-corrected chi connectivity index (χ2v) is 7.89. The van der Waals surface area contributed by atoms with E-state index in [1.165, 1.54) is 0 Å². The molecule has 2 aliphatic heterocycles. The van der Waals surface area contributed by atoms with E-state index in [9.17, 15) is 14.9 Å². The van der Waals surface area contributed by atoms with Gasteiger partial charge in [0.1, 0.15) is 40.9 Å². The summed E-state index contributed by atoms with van der Waals surface area (Å²) in [5.74, 6) is -1.45. The maximum Gasteiger partial charge on any atom is 0.338 e. The van der Waals surface area contributed by atoms with Gasteiger partial charge in [0.25, 0.3) is 0 Å². The monoisotopic (exact) mass is 456 g/mol. The Labute approximate surface area is 195 Å². The number of hydrogen-bond acceptors (Lipinski definition) is 8. The van der Waals surface area contributed by atoms with Gasteiger partial charge >= 0.3 is 11.9 Å². The number of fused-ring (bicyclic) bond motifs is 3. The highest BCUT2D eigenvalue weighted by atomic mass is 16.6. The van der Waals surface area contributed by atoms with Gasteiger partial charge in [-0.15, -0.1) is 0 Å². The molecule has 3 heterocycles. The van der Waals surface area contributed by atoms with E-state index in [1.807, 2.05) is 6.07 Å². The zero-order valence-electron chi connectivity index (χ0n) is 18.2. The number of nitriles is 1. The molecule has 0 amide bonds. The molecule has 2 aromatic carbocycles. The number of carbonyl (C=O) groups is 2. The zero-order valence-corrected chi connectivity index (χ0v) is 18.2. The fraction of sp³-hybridized carbons (Fsp3) is 0.192. The van der Waals surface area contributed by atoms with E-state index in [0.29, 0.717) is 34.0 Å². The summed E-state index contributed by atoms with van der Waals surface area (Å²) in [5, 5.41) is 9.82. The Kier molecular flexibility index (Phi) is 5.30. The number of nitrogens with two attached hydrogens (primary N) is 1. The largest absolute Gasteiger partial charge is 0.469 e. The van der Waals surface area contributed by atoms with Crippen molar-refractivity contribution in [1.82, 2.24) is 0 Å². The Hall–Kier alpha value is -4.51. The van der Waals surface area contributed by atoms with E-state index in [2.05, 4.69) is 6.07 Å². The van der Waals surface area contributed by atoms with Gasteiger partial charge in [0, 0.05) is 11.1 Å². The van der Waals surface area contributed by atoms with Gasteiger partial charge in [-0.2, -0.15) is 5.26 Å². The normalized spacial score (nSPS) is 20.9. The fourth-order valence-corrected chi connectivity index (χ4v) is 4.42. The Morgan fingerprint density at radius 2 is 1.97 bits per heavy atom. The molecular formula is C26H20N2O6. The number of furan rings is 1. The summed E-state index contributed by atoms with van der Waals surface area (Å²) in [6.07, 6.45) is -0.722. The van der Waals surface area contributed by atoms with E-state index in [4.69, 9.17) is 24.4 Å². The van der Waals surface area contributed by atoms with Crippen molar-refractivity contribution in [3.63, 3.8) is 0 Å². The molecule has 0 aliphatic carbocycles. The Morgan fingerprint density at radius 1 is 1.15 bits per heavy atom. The summed E-state index contributed by atoms with van der Waals surface area (Å²) in [5.41, 5.74) is 7.92. The van der Waals surface area contributed by atoms with Crippen molar-refractivity contribution in [1.29, 1.82) is 5.26 Å². The number of hydrogen-bond donors (Lipinski definition) is 1. The molecular weight excluding hydrogens is 436 g/mol. The summed E-state index contributed by atoms with van der Waals surface area (Å²) in [4.78, 5) is 25.2. The van der Waals surface area contributed by atoms with Crippen LogP contribution in [0.3, 0.4) is 0 Å². The SMILES string of the molecule is CCOC(=O)c1cccc(-c2ccc([C@@H]3C(C#N)=C(N)O[C@@H]4c5ccccc5OC(=O)[C@H]43)o2)c1. The highest BCUT2D eigenvalue weighted by molar-refractivity contribution is 5.90. The minimum Gasteiger partial charge on any atom is -0.469 e. The molecule has 2 aliphatic rings. The lowest BCUT2D eigenvalue weighted by atomic mass is 9.76. The van der Waals surface area contributed by atoms with Crippen molar-refractivity contribution in [3.05, 3.63) is 89.0 Å². The van der Waals surface area contributed by atoms with Gasteiger partial charge in [-0.25, -0.2) is 4.79 Å². The van der Waals surface area contributed by atoms with E-state index < -0.39 is 29.9 Å². The molecule has 5 rings (SSSR count). The summed E-state index contributed by atoms with van der Waals surface area (Å²) >= 11 is 0. The average Bonchev–Trinajstić information content (AvgIpc) is 3.33. The molecule has 0 spiro atoms. The van der Waals surface area contributed by atoms with Gasteiger partial charge in [0.2, 0.25) is 0 Å². The Morgan fingerprint density at radius 3 is 2.76 bits per heavy atom. The van der Waals surface area contributed by atoms with E-state index in [1.54, 1.807) is 61.5 Å². The first-order valence-corrected chi connectivity index (χ1v) is 10.8. The third-order valence-corrected chi connectivity index (χ3v) is 5.94. The van der Waals surface area contributed by atoms with Gasteiger partial charge in [-0.3, -0.25) is 4.79 Å². The number of esters is 2. The number of nitrogens with zero attached hydrogens (tertiary/aromatic N) is 1. The molecule has 0 bridgehead atoms. The molecule has 2 N–H and O–H groups in total. The second-order valence-electron chi connectivity index (χ2n) is 7.89. The topological polar surface area (TPSA) is 125 Å². The quantitative estimate of drug-likeness (QED) is 0.457.